The number of amides is 4. The summed E-state index contributed by atoms with van der Waals surface area (Å²) < 4.78 is 13.7. The third-order valence-corrected chi connectivity index (χ3v) is 5.41. The molecular formula is C21H20FN3O3. The van der Waals surface area contributed by atoms with Crippen LogP contribution in [0.2, 0.25) is 0 Å². The second-order valence-corrected chi connectivity index (χ2v) is 7.25. The number of anilines is 1. The molecule has 1 spiro atoms. The van der Waals surface area contributed by atoms with E-state index in [9.17, 15) is 18.8 Å². The second-order valence-electron chi connectivity index (χ2n) is 7.25. The van der Waals surface area contributed by atoms with E-state index in [1.165, 1.54) is 6.07 Å². The van der Waals surface area contributed by atoms with Crippen LogP contribution in [0.25, 0.3) is 0 Å². The van der Waals surface area contributed by atoms with Gasteiger partial charge >= 0.3 is 6.03 Å². The molecule has 1 aliphatic heterocycles. The first-order chi connectivity index (χ1) is 13.4. The van der Waals surface area contributed by atoms with E-state index in [4.69, 9.17) is 0 Å². The fourth-order valence-electron chi connectivity index (χ4n) is 3.97. The number of fused-ring (bicyclic) bond motifs is 2. The maximum atomic E-state index is 13.7. The molecule has 2 N–H and O–H groups in total. The predicted octanol–water partition coefficient (Wildman–Crippen LogP) is 2.86. The summed E-state index contributed by atoms with van der Waals surface area (Å²) in [7, 11) is 0. The number of halogens is 1. The van der Waals surface area contributed by atoms with E-state index in [0.29, 0.717) is 12.0 Å². The lowest BCUT2D eigenvalue weighted by molar-refractivity contribution is -0.134. The molecule has 144 valence electrons. The Morgan fingerprint density at radius 2 is 2.04 bits per heavy atom. The third-order valence-electron chi connectivity index (χ3n) is 5.41. The van der Waals surface area contributed by atoms with Crippen LogP contribution in [0.3, 0.4) is 0 Å². The monoisotopic (exact) mass is 381 g/mol. The third kappa shape index (κ3) is 2.93. The van der Waals surface area contributed by atoms with Gasteiger partial charge in [0.15, 0.2) is 0 Å². The molecule has 2 aromatic carbocycles. The van der Waals surface area contributed by atoms with Gasteiger partial charge in [-0.2, -0.15) is 0 Å². The SMILES string of the molecule is Cc1ccc(NC(=O)CN2C(=O)N[C@]3(CCCc4ccccc43)C2=O)cc1F. The van der Waals surface area contributed by atoms with Crippen molar-refractivity contribution < 1.29 is 18.8 Å². The number of carbonyl (C=O) groups is 3. The number of hydrogen-bond acceptors (Lipinski definition) is 3. The highest BCUT2D eigenvalue weighted by Gasteiger charge is 2.54. The van der Waals surface area contributed by atoms with E-state index in [1.54, 1.807) is 19.1 Å². The Morgan fingerprint density at radius 3 is 2.82 bits per heavy atom. The Morgan fingerprint density at radius 1 is 1.25 bits per heavy atom. The lowest BCUT2D eigenvalue weighted by Gasteiger charge is -2.33. The molecule has 0 unspecified atom stereocenters. The van der Waals surface area contributed by atoms with Crippen LogP contribution in [0.15, 0.2) is 42.5 Å². The minimum atomic E-state index is -1.11. The largest absolute Gasteiger partial charge is 0.325 e. The number of imide groups is 1. The highest BCUT2D eigenvalue weighted by molar-refractivity contribution is 6.10. The number of aryl methyl sites for hydroxylation is 2. The molecule has 2 aromatic rings. The lowest BCUT2D eigenvalue weighted by atomic mass is 9.76. The number of hydrogen-bond donors (Lipinski definition) is 2. The summed E-state index contributed by atoms with van der Waals surface area (Å²) in [6, 6.07) is 11.3. The Labute approximate surface area is 161 Å². The van der Waals surface area contributed by atoms with Gasteiger partial charge in [-0.3, -0.25) is 14.5 Å². The van der Waals surface area contributed by atoms with Gasteiger partial charge in [0.1, 0.15) is 17.9 Å². The molecule has 28 heavy (non-hydrogen) atoms. The van der Waals surface area contributed by atoms with Crippen LogP contribution in [0.4, 0.5) is 14.9 Å². The molecule has 0 aromatic heterocycles. The van der Waals surface area contributed by atoms with Crippen molar-refractivity contribution >= 4 is 23.5 Å². The van der Waals surface area contributed by atoms with Crippen molar-refractivity contribution in [3.05, 3.63) is 65.0 Å². The molecule has 1 aliphatic carbocycles. The molecule has 1 heterocycles. The number of carbonyl (C=O) groups excluding carboxylic acids is 3. The molecule has 0 bridgehead atoms. The number of nitrogens with zero attached hydrogens (tertiary/aromatic N) is 1. The van der Waals surface area contributed by atoms with E-state index in [2.05, 4.69) is 10.6 Å². The first kappa shape index (κ1) is 18.2. The minimum absolute atomic E-state index is 0.276. The molecule has 2 aliphatic rings. The lowest BCUT2D eigenvalue weighted by Crippen LogP contribution is -2.47. The van der Waals surface area contributed by atoms with Crippen molar-refractivity contribution in [1.29, 1.82) is 0 Å². The fourth-order valence-corrected chi connectivity index (χ4v) is 3.97. The van der Waals surface area contributed by atoms with Crippen LogP contribution in [0.5, 0.6) is 0 Å². The molecule has 7 heteroatoms. The average molecular weight is 381 g/mol. The molecule has 0 radical (unpaired) electrons. The average Bonchev–Trinajstić information content (AvgIpc) is 2.90. The molecule has 6 nitrogen and oxygen atoms in total. The first-order valence-corrected chi connectivity index (χ1v) is 9.19. The number of nitrogens with one attached hydrogen (secondary N) is 2. The maximum Gasteiger partial charge on any atom is 0.325 e. The van der Waals surface area contributed by atoms with Crippen LogP contribution in [-0.4, -0.2) is 29.3 Å². The maximum absolute atomic E-state index is 13.7. The van der Waals surface area contributed by atoms with Crippen molar-refractivity contribution in [1.82, 2.24) is 10.2 Å². The van der Waals surface area contributed by atoms with Crippen LogP contribution < -0.4 is 10.6 Å². The standard InChI is InChI=1S/C21H20FN3O3/c1-13-8-9-15(11-17(13)22)23-18(26)12-25-19(27)21(24-20(25)28)10-4-6-14-5-2-3-7-16(14)21/h2-3,5,7-9,11H,4,6,10,12H2,1H3,(H,23,26)(H,24,28)/t21-/m0/s1. The van der Waals surface area contributed by atoms with Crippen molar-refractivity contribution in [2.75, 3.05) is 11.9 Å². The second kappa shape index (κ2) is 6.74. The summed E-state index contributed by atoms with van der Waals surface area (Å²) in [6.45, 7) is 1.19. The van der Waals surface area contributed by atoms with Gasteiger partial charge in [0.25, 0.3) is 5.91 Å². The summed E-state index contributed by atoms with van der Waals surface area (Å²) in [5.74, 6) is -1.42. The van der Waals surface area contributed by atoms with E-state index >= 15 is 0 Å². The van der Waals surface area contributed by atoms with Gasteiger partial charge in [-0.05, 0) is 55.0 Å². The van der Waals surface area contributed by atoms with Gasteiger partial charge in [-0.25, -0.2) is 9.18 Å². The summed E-state index contributed by atoms with van der Waals surface area (Å²) >= 11 is 0. The van der Waals surface area contributed by atoms with Crippen molar-refractivity contribution in [3.63, 3.8) is 0 Å². The Bertz CT molecular complexity index is 991. The van der Waals surface area contributed by atoms with E-state index < -0.39 is 35.7 Å². The smallest absolute Gasteiger partial charge is 0.324 e. The Balaban J connectivity index is 1.54. The Kier molecular flexibility index (Phi) is 4.37. The van der Waals surface area contributed by atoms with Crippen LogP contribution in [-0.2, 0) is 21.5 Å². The molecule has 1 atom stereocenters. The molecular weight excluding hydrogens is 361 g/mol. The predicted molar refractivity (Wildman–Crippen MR) is 101 cm³/mol. The normalized spacial score (nSPS) is 20.9. The van der Waals surface area contributed by atoms with E-state index in [0.717, 1.165) is 28.9 Å². The molecule has 1 fully saturated rings. The quantitative estimate of drug-likeness (QED) is 0.803. The summed E-state index contributed by atoms with van der Waals surface area (Å²) in [6.07, 6.45) is 2.11. The number of urea groups is 1. The van der Waals surface area contributed by atoms with Crippen LogP contribution >= 0.6 is 0 Å². The van der Waals surface area contributed by atoms with Gasteiger partial charge in [-0.1, -0.05) is 30.3 Å². The zero-order valence-corrected chi connectivity index (χ0v) is 15.4. The van der Waals surface area contributed by atoms with Crippen molar-refractivity contribution in [3.8, 4) is 0 Å². The number of benzene rings is 2. The first-order valence-electron chi connectivity index (χ1n) is 9.19. The highest BCUT2D eigenvalue weighted by Crippen LogP contribution is 2.39. The van der Waals surface area contributed by atoms with Crippen LogP contribution in [0.1, 0.15) is 29.5 Å². The van der Waals surface area contributed by atoms with Crippen molar-refractivity contribution in [2.24, 2.45) is 0 Å². The van der Waals surface area contributed by atoms with Gasteiger partial charge < -0.3 is 10.6 Å². The number of rotatable bonds is 3. The zero-order valence-electron chi connectivity index (χ0n) is 15.4. The van der Waals surface area contributed by atoms with Gasteiger partial charge in [0, 0.05) is 5.69 Å². The van der Waals surface area contributed by atoms with E-state index in [-0.39, 0.29) is 5.69 Å². The highest BCUT2D eigenvalue weighted by atomic mass is 19.1. The van der Waals surface area contributed by atoms with Gasteiger partial charge in [-0.15, -0.1) is 0 Å². The molecule has 4 rings (SSSR count). The summed E-state index contributed by atoms with van der Waals surface area (Å²) in [4.78, 5) is 39.0. The van der Waals surface area contributed by atoms with E-state index in [1.807, 2.05) is 24.3 Å². The topological polar surface area (TPSA) is 78.5 Å². The zero-order chi connectivity index (χ0) is 19.9. The molecule has 4 amide bonds. The van der Waals surface area contributed by atoms with Gasteiger partial charge in [0.05, 0.1) is 0 Å². The van der Waals surface area contributed by atoms with Crippen molar-refractivity contribution in [2.45, 2.75) is 31.7 Å². The van der Waals surface area contributed by atoms with Gasteiger partial charge in [0.2, 0.25) is 5.91 Å². The Hall–Kier alpha value is -3.22. The molecule has 0 saturated carbocycles. The fraction of sp³-hybridized carbons (Fsp3) is 0.286. The molecule has 1 saturated heterocycles. The minimum Gasteiger partial charge on any atom is -0.324 e. The summed E-state index contributed by atoms with van der Waals surface area (Å²) in [5, 5.41) is 5.34. The summed E-state index contributed by atoms with van der Waals surface area (Å²) in [5.41, 5.74) is 1.46. The van der Waals surface area contributed by atoms with Crippen LogP contribution in [0, 0.1) is 12.7 Å².